The highest BCUT2D eigenvalue weighted by Gasteiger charge is 2.40. The molecule has 5 N–H and O–H groups in total. The number of carbonyl (C=O) groups is 4. The molecule has 4 heterocycles. The minimum absolute atomic E-state index is 0.0865. The molecule has 4 amide bonds. The number of carbonyl (C=O) groups excluding carboxylic acids is 3. The fourth-order valence-corrected chi connectivity index (χ4v) is 8.25. The average Bonchev–Trinajstić information content (AvgIpc) is 4.05. The molecular formula is C40H48N8O7. The fraction of sp³-hybridized carbons (Fsp3) is 0.450. The van der Waals surface area contributed by atoms with Crippen LogP contribution in [0.15, 0.2) is 60.9 Å². The first-order valence-electron chi connectivity index (χ1n) is 18.9. The van der Waals surface area contributed by atoms with Gasteiger partial charge in [0.25, 0.3) is 0 Å². The SMILES string of the molecule is COC(=O)N[C@H](C(=O)N1CCCC1c1ncc(-c2ccc(-c3ccc(-c4cnc([C@@H]5CCCN5C(=O)[C@H]5CC[C@@H](NC(=O)O)C5)[nH]4)cc3)cc2)[nH]1)C(C)OC. The Morgan fingerprint density at radius 3 is 1.84 bits per heavy atom. The van der Waals surface area contributed by atoms with E-state index in [-0.39, 0.29) is 35.9 Å². The molecule has 15 heteroatoms. The standard InChI is InChI=1S/C40H48N8O7/c1-23(54-2)34(46-40(53)55-3)38(50)48-19-5-7-33(48)36-42-22-31(45-36)27-14-10-25(11-15-27)24-8-12-26(13-9-24)30-21-41-35(44-30)32-6-4-18-47(32)37(49)28-16-17-29(20-28)43-39(51)52/h8-15,21-23,28-29,32-34,43H,4-7,16-20H2,1-3H3,(H,41,44)(H,42,45)(H,46,53)(H,51,52)/t23?,28-,29+,32-,33?,34-/m0/s1. The normalized spacial score (nSPS) is 22.0. The van der Waals surface area contributed by atoms with Crippen LogP contribution < -0.4 is 10.6 Å². The molecule has 2 aromatic carbocycles. The van der Waals surface area contributed by atoms with Gasteiger partial charge in [-0.25, -0.2) is 19.6 Å². The van der Waals surface area contributed by atoms with E-state index in [4.69, 9.17) is 14.6 Å². The molecule has 2 unspecified atom stereocenters. The average molecular weight is 753 g/mol. The zero-order valence-electron chi connectivity index (χ0n) is 31.3. The van der Waals surface area contributed by atoms with Gasteiger partial charge in [0.2, 0.25) is 11.8 Å². The van der Waals surface area contributed by atoms with E-state index in [1.54, 1.807) is 18.0 Å². The maximum Gasteiger partial charge on any atom is 0.407 e. The van der Waals surface area contributed by atoms with Gasteiger partial charge in [0, 0.05) is 32.2 Å². The molecule has 55 heavy (non-hydrogen) atoms. The van der Waals surface area contributed by atoms with Gasteiger partial charge in [-0.05, 0) is 74.1 Å². The molecule has 15 nitrogen and oxygen atoms in total. The Hall–Kier alpha value is -5.70. The third kappa shape index (κ3) is 8.07. The molecule has 7 rings (SSSR count). The number of rotatable bonds is 11. The zero-order valence-corrected chi connectivity index (χ0v) is 31.3. The van der Waals surface area contributed by atoms with Crippen LogP contribution in [0.4, 0.5) is 9.59 Å². The van der Waals surface area contributed by atoms with Gasteiger partial charge in [-0.1, -0.05) is 48.5 Å². The summed E-state index contributed by atoms with van der Waals surface area (Å²) in [5.41, 5.74) is 5.77. The molecule has 0 bridgehead atoms. The van der Waals surface area contributed by atoms with Crippen LogP contribution >= 0.6 is 0 Å². The van der Waals surface area contributed by atoms with E-state index in [1.165, 1.54) is 14.2 Å². The fourth-order valence-electron chi connectivity index (χ4n) is 8.25. The number of carboxylic acid groups (broad SMARTS) is 1. The number of H-pyrrole nitrogens is 2. The van der Waals surface area contributed by atoms with Crippen molar-refractivity contribution in [3.8, 4) is 33.6 Å². The molecule has 2 aliphatic heterocycles. The predicted molar refractivity (Wildman–Crippen MR) is 203 cm³/mol. The summed E-state index contributed by atoms with van der Waals surface area (Å²) in [7, 11) is 2.75. The second-order valence-corrected chi connectivity index (χ2v) is 14.6. The molecule has 6 atom stereocenters. The molecule has 1 saturated carbocycles. The van der Waals surface area contributed by atoms with E-state index < -0.39 is 24.3 Å². The van der Waals surface area contributed by atoms with Gasteiger partial charge in [-0.3, -0.25) is 9.59 Å². The monoisotopic (exact) mass is 752 g/mol. The van der Waals surface area contributed by atoms with Gasteiger partial charge in [-0.15, -0.1) is 0 Å². The molecule has 1 aliphatic carbocycles. The quantitative estimate of drug-likeness (QED) is 0.129. The number of nitrogens with zero attached hydrogens (tertiary/aromatic N) is 4. The Bertz CT molecular complexity index is 1990. The number of benzene rings is 2. The first kappa shape index (κ1) is 37.6. The lowest BCUT2D eigenvalue weighted by molar-refractivity contribution is -0.138. The van der Waals surface area contributed by atoms with Gasteiger partial charge in [0.1, 0.15) is 17.7 Å². The second kappa shape index (κ2) is 16.3. The van der Waals surface area contributed by atoms with Crippen LogP contribution in [0.3, 0.4) is 0 Å². The van der Waals surface area contributed by atoms with Crippen molar-refractivity contribution in [2.45, 2.75) is 82.1 Å². The maximum atomic E-state index is 13.6. The lowest BCUT2D eigenvalue weighted by atomic mass is 10.0. The number of methoxy groups -OCH3 is 2. The number of aromatic amines is 2. The van der Waals surface area contributed by atoms with Crippen molar-refractivity contribution in [3.05, 3.63) is 72.6 Å². The van der Waals surface area contributed by atoms with Crippen LogP contribution in [0, 0.1) is 5.92 Å². The van der Waals surface area contributed by atoms with Gasteiger partial charge in [0.05, 0.1) is 49.1 Å². The number of amides is 4. The Balaban J connectivity index is 0.983. The van der Waals surface area contributed by atoms with E-state index in [0.717, 1.165) is 65.1 Å². The first-order valence-corrected chi connectivity index (χ1v) is 18.9. The Kier molecular flexibility index (Phi) is 11.2. The van der Waals surface area contributed by atoms with Crippen LogP contribution in [-0.2, 0) is 19.1 Å². The Morgan fingerprint density at radius 1 is 0.782 bits per heavy atom. The summed E-state index contributed by atoms with van der Waals surface area (Å²) in [6.45, 7) is 2.95. The smallest absolute Gasteiger partial charge is 0.407 e. The number of imidazole rings is 2. The first-order chi connectivity index (χ1) is 26.6. The van der Waals surface area contributed by atoms with Crippen LogP contribution in [0.25, 0.3) is 33.6 Å². The van der Waals surface area contributed by atoms with E-state index >= 15 is 0 Å². The number of ether oxygens (including phenoxy) is 2. The van der Waals surface area contributed by atoms with Crippen LogP contribution in [-0.4, -0.2) is 104 Å². The summed E-state index contributed by atoms with van der Waals surface area (Å²) < 4.78 is 10.1. The molecular weight excluding hydrogens is 704 g/mol. The number of nitrogens with one attached hydrogen (secondary N) is 4. The molecule has 0 radical (unpaired) electrons. The van der Waals surface area contributed by atoms with Crippen LogP contribution in [0.2, 0.25) is 0 Å². The molecule has 4 aromatic rings. The maximum absolute atomic E-state index is 13.6. The van der Waals surface area contributed by atoms with Crippen molar-refractivity contribution in [3.63, 3.8) is 0 Å². The van der Waals surface area contributed by atoms with Gasteiger partial charge >= 0.3 is 12.2 Å². The lowest BCUT2D eigenvalue weighted by Gasteiger charge is -2.30. The minimum Gasteiger partial charge on any atom is -0.465 e. The lowest BCUT2D eigenvalue weighted by Crippen LogP contribution is -2.54. The van der Waals surface area contributed by atoms with Crippen LogP contribution in [0.1, 0.15) is 75.6 Å². The summed E-state index contributed by atoms with van der Waals surface area (Å²) >= 11 is 0. The van der Waals surface area contributed by atoms with Gasteiger partial charge in [-0.2, -0.15) is 0 Å². The van der Waals surface area contributed by atoms with E-state index in [1.807, 2.05) is 23.2 Å². The highest BCUT2D eigenvalue weighted by Crippen LogP contribution is 2.37. The molecule has 2 saturated heterocycles. The summed E-state index contributed by atoms with van der Waals surface area (Å²) in [5.74, 6) is 1.13. The summed E-state index contributed by atoms with van der Waals surface area (Å²) in [4.78, 5) is 70.0. The van der Waals surface area contributed by atoms with E-state index in [9.17, 15) is 19.2 Å². The van der Waals surface area contributed by atoms with Crippen molar-refractivity contribution in [2.24, 2.45) is 5.92 Å². The molecule has 2 aromatic heterocycles. The minimum atomic E-state index is -1.04. The Morgan fingerprint density at radius 2 is 1.31 bits per heavy atom. The summed E-state index contributed by atoms with van der Waals surface area (Å²) in [6, 6.07) is 15.0. The number of hydrogen-bond acceptors (Lipinski definition) is 8. The summed E-state index contributed by atoms with van der Waals surface area (Å²) in [5, 5.41) is 14.2. The van der Waals surface area contributed by atoms with Crippen molar-refractivity contribution in [1.29, 1.82) is 0 Å². The highest BCUT2D eigenvalue weighted by molar-refractivity contribution is 5.87. The van der Waals surface area contributed by atoms with Gasteiger partial charge in [0.15, 0.2) is 0 Å². The second-order valence-electron chi connectivity index (χ2n) is 14.6. The largest absolute Gasteiger partial charge is 0.465 e. The third-order valence-electron chi connectivity index (χ3n) is 11.3. The van der Waals surface area contributed by atoms with Crippen molar-refractivity contribution >= 4 is 24.0 Å². The highest BCUT2D eigenvalue weighted by atomic mass is 16.5. The van der Waals surface area contributed by atoms with Crippen molar-refractivity contribution in [1.82, 2.24) is 40.4 Å². The number of aromatic nitrogens is 4. The van der Waals surface area contributed by atoms with E-state index in [0.29, 0.717) is 38.2 Å². The third-order valence-corrected chi connectivity index (χ3v) is 11.3. The molecule has 3 aliphatic rings. The van der Waals surface area contributed by atoms with Crippen LogP contribution in [0.5, 0.6) is 0 Å². The molecule has 0 spiro atoms. The summed E-state index contributed by atoms with van der Waals surface area (Å²) in [6.07, 6.45) is 6.51. The topological polar surface area (TPSA) is 195 Å². The predicted octanol–water partition coefficient (Wildman–Crippen LogP) is 5.66. The zero-order chi connectivity index (χ0) is 38.6. The molecule has 3 fully saturated rings. The number of likely N-dealkylation sites (tertiary alicyclic amines) is 2. The van der Waals surface area contributed by atoms with E-state index in [2.05, 4.69) is 67.0 Å². The van der Waals surface area contributed by atoms with Crippen molar-refractivity contribution in [2.75, 3.05) is 27.3 Å². The Labute approximate surface area is 319 Å². The molecule has 290 valence electrons. The van der Waals surface area contributed by atoms with Gasteiger partial charge < -0.3 is 45.0 Å². The van der Waals surface area contributed by atoms with Crippen molar-refractivity contribution < 1.29 is 33.8 Å². The number of hydrogen-bond donors (Lipinski definition) is 5. The number of alkyl carbamates (subject to hydrolysis) is 1.